The van der Waals surface area contributed by atoms with Crippen LogP contribution in [-0.2, 0) is 12.8 Å². The molecule has 3 aliphatic rings. The number of likely N-dealkylation sites (tertiary alicyclic amines) is 1. The van der Waals surface area contributed by atoms with Crippen LogP contribution in [0.25, 0.3) is 0 Å². The largest absolute Gasteiger partial charge is 0.390 e. The average molecular weight is 285 g/mol. The molecule has 0 aromatic heterocycles. The van der Waals surface area contributed by atoms with E-state index in [1.54, 1.807) is 11.1 Å². The highest BCUT2D eigenvalue weighted by molar-refractivity contribution is 5.33. The second-order valence-electron chi connectivity index (χ2n) is 7.50. The highest BCUT2D eigenvalue weighted by Crippen LogP contribution is 2.45. The Labute approximate surface area is 128 Å². The summed E-state index contributed by atoms with van der Waals surface area (Å²) in [6, 6.07) is 9.60. The summed E-state index contributed by atoms with van der Waals surface area (Å²) in [6.45, 7) is 4.50. The van der Waals surface area contributed by atoms with Gasteiger partial charge < -0.3 is 5.11 Å². The lowest BCUT2D eigenvalue weighted by atomic mass is 9.69. The molecule has 1 aromatic carbocycles. The normalized spacial score (nSPS) is 36.7. The predicted octanol–water partition coefficient (Wildman–Crippen LogP) is 3.03. The number of hydrogen-bond donors (Lipinski definition) is 1. The molecule has 0 radical (unpaired) electrons. The third-order valence-corrected chi connectivity index (χ3v) is 6.50. The number of benzene rings is 1. The van der Waals surface area contributed by atoms with Gasteiger partial charge in [-0.3, -0.25) is 4.90 Å². The van der Waals surface area contributed by atoms with Crippen molar-refractivity contribution in [2.24, 2.45) is 11.8 Å². The van der Waals surface area contributed by atoms with Crippen LogP contribution < -0.4 is 0 Å². The van der Waals surface area contributed by atoms with E-state index >= 15 is 0 Å². The Hall–Kier alpha value is -0.860. The molecule has 4 rings (SSSR count). The second-order valence-corrected chi connectivity index (χ2v) is 7.50. The summed E-state index contributed by atoms with van der Waals surface area (Å²) in [5.41, 5.74) is 2.70. The Kier molecular flexibility index (Phi) is 3.35. The number of aliphatic hydroxyl groups is 1. The molecule has 2 aliphatic carbocycles. The smallest absolute Gasteiger partial charge is 0.0688 e. The van der Waals surface area contributed by atoms with Gasteiger partial charge in [-0.1, -0.05) is 37.6 Å². The van der Waals surface area contributed by atoms with E-state index in [0.29, 0.717) is 12.0 Å². The van der Waals surface area contributed by atoms with E-state index in [4.69, 9.17) is 0 Å². The van der Waals surface area contributed by atoms with E-state index in [1.165, 1.54) is 32.2 Å². The molecular formula is C19H27NO. The predicted molar refractivity (Wildman–Crippen MR) is 85.3 cm³/mol. The summed E-state index contributed by atoms with van der Waals surface area (Å²) in [4.78, 5) is 2.70. The minimum atomic E-state index is -0.386. The van der Waals surface area contributed by atoms with Crippen molar-refractivity contribution in [2.75, 3.05) is 13.1 Å². The topological polar surface area (TPSA) is 23.5 Å². The zero-order chi connectivity index (χ0) is 14.4. The van der Waals surface area contributed by atoms with E-state index in [0.717, 1.165) is 25.3 Å². The van der Waals surface area contributed by atoms with Gasteiger partial charge in [0, 0.05) is 25.0 Å². The number of fused-ring (bicyclic) bond motifs is 2. The molecule has 0 unspecified atom stereocenters. The van der Waals surface area contributed by atoms with Gasteiger partial charge in [-0.15, -0.1) is 0 Å². The molecule has 21 heavy (non-hydrogen) atoms. The van der Waals surface area contributed by atoms with Gasteiger partial charge in [0.15, 0.2) is 0 Å². The lowest BCUT2D eigenvalue weighted by Gasteiger charge is -2.40. The van der Waals surface area contributed by atoms with E-state index in [-0.39, 0.29) is 5.60 Å². The maximum absolute atomic E-state index is 11.0. The first-order chi connectivity index (χ1) is 10.2. The van der Waals surface area contributed by atoms with Crippen molar-refractivity contribution in [3.05, 3.63) is 35.4 Å². The molecule has 1 N–H and O–H groups in total. The summed E-state index contributed by atoms with van der Waals surface area (Å²) in [5.74, 6) is 1.24. The molecule has 1 aromatic rings. The Morgan fingerprint density at radius 2 is 1.90 bits per heavy atom. The summed E-state index contributed by atoms with van der Waals surface area (Å²) in [7, 11) is 0. The van der Waals surface area contributed by atoms with Crippen molar-refractivity contribution in [1.82, 2.24) is 4.90 Å². The zero-order valence-electron chi connectivity index (χ0n) is 13.1. The summed E-state index contributed by atoms with van der Waals surface area (Å²) < 4.78 is 0. The van der Waals surface area contributed by atoms with Gasteiger partial charge in [0.1, 0.15) is 0 Å². The van der Waals surface area contributed by atoms with Gasteiger partial charge in [0.2, 0.25) is 0 Å². The quantitative estimate of drug-likeness (QED) is 0.903. The maximum atomic E-state index is 11.0. The van der Waals surface area contributed by atoms with Crippen LogP contribution in [0.4, 0.5) is 0 Å². The van der Waals surface area contributed by atoms with E-state index < -0.39 is 0 Å². The van der Waals surface area contributed by atoms with Crippen molar-refractivity contribution in [1.29, 1.82) is 0 Å². The van der Waals surface area contributed by atoms with Gasteiger partial charge in [0.05, 0.1) is 5.60 Å². The summed E-state index contributed by atoms with van der Waals surface area (Å²) >= 11 is 0. The average Bonchev–Trinajstić information content (AvgIpc) is 3.11. The molecule has 2 nitrogen and oxygen atoms in total. The molecule has 1 saturated carbocycles. The van der Waals surface area contributed by atoms with Crippen LogP contribution in [-0.4, -0.2) is 34.7 Å². The monoisotopic (exact) mass is 285 g/mol. The van der Waals surface area contributed by atoms with Crippen LogP contribution >= 0.6 is 0 Å². The molecule has 0 spiro atoms. The Balaban J connectivity index is 1.50. The van der Waals surface area contributed by atoms with Crippen LogP contribution in [0.5, 0.6) is 0 Å². The van der Waals surface area contributed by atoms with Crippen molar-refractivity contribution in [3.8, 4) is 0 Å². The van der Waals surface area contributed by atoms with Crippen LogP contribution in [0.3, 0.4) is 0 Å². The van der Waals surface area contributed by atoms with Crippen LogP contribution in [0, 0.1) is 11.8 Å². The van der Waals surface area contributed by atoms with Gasteiger partial charge >= 0.3 is 0 Å². The highest BCUT2D eigenvalue weighted by Gasteiger charge is 2.49. The minimum Gasteiger partial charge on any atom is -0.390 e. The fourth-order valence-electron chi connectivity index (χ4n) is 5.19. The molecule has 1 aliphatic heterocycles. The van der Waals surface area contributed by atoms with Crippen LogP contribution in [0.1, 0.15) is 43.7 Å². The van der Waals surface area contributed by atoms with E-state index in [9.17, 15) is 5.11 Å². The van der Waals surface area contributed by atoms with Crippen LogP contribution in [0.15, 0.2) is 24.3 Å². The molecule has 1 saturated heterocycles. The van der Waals surface area contributed by atoms with Gasteiger partial charge in [-0.25, -0.2) is 0 Å². The molecule has 2 fully saturated rings. The molecule has 3 atom stereocenters. The first-order valence-corrected chi connectivity index (χ1v) is 8.73. The Morgan fingerprint density at radius 1 is 1.19 bits per heavy atom. The highest BCUT2D eigenvalue weighted by atomic mass is 16.3. The first kappa shape index (κ1) is 13.8. The van der Waals surface area contributed by atoms with Crippen molar-refractivity contribution < 1.29 is 5.11 Å². The molecule has 114 valence electrons. The van der Waals surface area contributed by atoms with Crippen molar-refractivity contribution in [3.63, 3.8) is 0 Å². The summed E-state index contributed by atoms with van der Waals surface area (Å²) in [5, 5.41) is 11.0. The van der Waals surface area contributed by atoms with Crippen molar-refractivity contribution in [2.45, 2.75) is 57.1 Å². The maximum Gasteiger partial charge on any atom is 0.0688 e. The molecule has 2 heteroatoms. The SMILES string of the molecule is CC[C@]1(O)CCC[C@H]2CN(C3Cc4ccccc4C3)C[C@H]21. The van der Waals surface area contributed by atoms with Crippen molar-refractivity contribution >= 4 is 0 Å². The number of hydrogen-bond acceptors (Lipinski definition) is 2. The number of nitrogens with zero attached hydrogens (tertiary/aromatic N) is 1. The van der Waals surface area contributed by atoms with E-state index in [2.05, 4.69) is 36.1 Å². The lowest BCUT2D eigenvalue weighted by molar-refractivity contribution is -0.0616. The zero-order valence-corrected chi connectivity index (χ0v) is 13.1. The molecular weight excluding hydrogens is 258 g/mol. The van der Waals surface area contributed by atoms with Gasteiger partial charge in [0.25, 0.3) is 0 Å². The fourth-order valence-corrected chi connectivity index (χ4v) is 5.19. The van der Waals surface area contributed by atoms with E-state index in [1.807, 2.05) is 0 Å². The standard InChI is InChI=1S/C19H27NO/c1-2-19(21)9-5-8-16-12-20(13-18(16)19)17-10-14-6-3-4-7-15(14)11-17/h3-4,6-7,16-18,21H,2,5,8-13H2,1H3/t16-,18+,19-/m0/s1. The third-order valence-electron chi connectivity index (χ3n) is 6.50. The second kappa shape index (κ2) is 5.10. The summed E-state index contributed by atoms with van der Waals surface area (Å²) in [6.07, 6.45) is 6.89. The molecule has 0 amide bonds. The Morgan fingerprint density at radius 3 is 2.57 bits per heavy atom. The van der Waals surface area contributed by atoms with Gasteiger partial charge in [-0.05, 0) is 49.1 Å². The molecule has 0 bridgehead atoms. The minimum absolute atomic E-state index is 0.386. The lowest BCUT2D eigenvalue weighted by Crippen LogP contribution is -2.45. The van der Waals surface area contributed by atoms with Crippen LogP contribution in [0.2, 0.25) is 0 Å². The molecule has 1 heterocycles. The first-order valence-electron chi connectivity index (χ1n) is 8.73. The fraction of sp³-hybridized carbons (Fsp3) is 0.684. The third kappa shape index (κ3) is 2.24. The number of rotatable bonds is 2. The van der Waals surface area contributed by atoms with Gasteiger partial charge in [-0.2, -0.15) is 0 Å². The Bertz CT molecular complexity index is 503.